The molecule has 0 saturated heterocycles. The standard InChI is InChI=1S/C16H13NO2/c1-10-3-6-14-13(7-10)8-15(19-14)16(18)12-5-4-11(2)17-9-12/h3-9H,1-2H3. The van der Waals surface area contributed by atoms with Crippen molar-refractivity contribution in [3.8, 4) is 0 Å². The summed E-state index contributed by atoms with van der Waals surface area (Å²) in [5.41, 5.74) is 3.30. The second kappa shape index (κ2) is 4.35. The molecule has 1 aromatic carbocycles. The van der Waals surface area contributed by atoms with Gasteiger partial charge in [0.05, 0.1) is 0 Å². The van der Waals surface area contributed by atoms with Gasteiger partial charge in [-0.3, -0.25) is 9.78 Å². The number of nitrogens with zero attached hydrogens (tertiary/aromatic N) is 1. The highest BCUT2D eigenvalue weighted by Crippen LogP contribution is 2.22. The van der Waals surface area contributed by atoms with Crippen molar-refractivity contribution in [3.05, 3.63) is 65.2 Å². The number of rotatable bonds is 2. The summed E-state index contributed by atoms with van der Waals surface area (Å²) >= 11 is 0. The normalized spacial score (nSPS) is 10.8. The number of fused-ring (bicyclic) bond motifs is 1. The van der Waals surface area contributed by atoms with Crippen molar-refractivity contribution < 1.29 is 9.21 Å². The number of hydrogen-bond acceptors (Lipinski definition) is 3. The fourth-order valence-electron chi connectivity index (χ4n) is 2.02. The SMILES string of the molecule is Cc1ccc2oc(C(=O)c3ccc(C)nc3)cc2c1. The van der Waals surface area contributed by atoms with Crippen LogP contribution in [0, 0.1) is 13.8 Å². The molecule has 0 fully saturated rings. The highest BCUT2D eigenvalue weighted by molar-refractivity contribution is 6.08. The second-order valence-corrected chi connectivity index (χ2v) is 4.67. The van der Waals surface area contributed by atoms with Crippen LogP contribution in [0.25, 0.3) is 11.0 Å². The third-order valence-electron chi connectivity index (χ3n) is 3.07. The molecular formula is C16H13NO2. The van der Waals surface area contributed by atoms with E-state index in [1.165, 1.54) is 0 Å². The van der Waals surface area contributed by atoms with Gasteiger partial charge in [0.1, 0.15) is 5.58 Å². The van der Waals surface area contributed by atoms with E-state index < -0.39 is 0 Å². The van der Waals surface area contributed by atoms with Crippen LogP contribution < -0.4 is 0 Å². The van der Waals surface area contributed by atoms with Crippen LogP contribution in [0.15, 0.2) is 47.0 Å². The molecule has 3 rings (SSSR count). The van der Waals surface area contributed by atoms with Crippen molar-refractivity contribution >= 4 is 16.8 Å². The van der Waals surface area contributed by atoms with E-state index in [1.54, 1.807) is 18.3 Å². The van der Waals surface area contributed by atoms with Crippen LogP contribution in [0.5, 0.6) is 0 Å². The fourth-order valence-corrected chi connectivity index (χ4v) is 2.02. The molecule has 0 saturated carbocycles. The fraction of sp³-hybridized carbons (Fsp3) is 0.125. The lowest BCUT2D eigenvalue weighted by Crippen LogP contribution is -2.00. The van der Waals surface area contributed by atoms with Gasteiger partial charge in [0, 0.05) is 22.8 Å². The Hall–Kier alpha value is -2.42. The summed E-state index contributed by atoms with van der Waals surface area (Å²) in [7, 11) is 0. The summed E-state index contributed by atoms with van der Waals surface area (Å²) in [5, 5.41) is 0.948. The van der Waals surface area contributed by atoms with E-state index in [-0.39, 0.29) is 5.78 Å². The number of carbonyl (C=O) groups excluding carboxylic acids is 1. The predicted octanol–water partition coefficient (Wildman–Crippen LogP) is 3.68. The quantitative estimate of drug-likeness (QED) is 0.652. The van der Waals surface area contributed by atoms with Crippen LogP contribution in [0.2, 0.25) is 0 Å². The van der Waals surface area contributed by atoms with E-state index in [1.807, 2.05) is 38.1 Å². The van der Waals surface area contributed by atoms with Crippen LogP contribution in [0.1, 0.15) is 27.4 Å². The van der Waals surface area contributed by atoms with Gasteiger partial charge in [-0.25, -0.2) is 0 Å². The molecule has 0 amide bonds. The lowest BCUT2D eigenvalue weighted by Gasteiger charge is -1.97. The van der Waals surface area contributed by atoms with Crippen LogP contribution in [0.3, 0.4) is 0 Å². The molecule has 94 valence electrons. The number of carbonyl (C=O) groups is 1. The zero-order chi connectivity index (χ0) is 13.4. The van der Waals surface area contributed by atoms with Gasteiger partial charge < -0.3 is 4.42 Å². The lowest BCUT2D eigenvalue weighted by molar-refractivity contribution is 0.101. The minimum absolute atomic E-state index is 0.138. The smallest absolute Gasteiger partial charge is 0.229 e. The van der Waals surface area contributed by atoms with Gasteiger partial charge in [0.25, 0.3) is 0 Å². The monoisotopic (exact) mass is 251 g/mol. The number of benzene rings is 1. The minimum atomic E-state index is -0.138. The molecule has 0 aliphatic carbocycles. The molecule has 0 aliphatic rings. The van der Waals surface area contributed by atoms with Gasteiger partial charge in [0.15, 0.2) is 5.76 Å². The Kier molecular flexibility index (Phi) is 2.67. The Morgan fingerprint density at radius 2 is 1.95 bits per heavy atom. The Bertz CT molecular complexity index is 754. The summed E-state index contributed by atoms with van der Waals surface area (Å²) in [4.78, 5) is 16.4. The van der Waals surface area contributed by atoms with E-state index in [0.717, 1.165) is 22.2 Å². The molecule has 2 heterocycles. The molecule has 3 aromatic rings. The van der Waals surface area contributed by atoms with Gasteiger partial charge in [0.2, 0.25) is 5.78 Å². The van der Waals surface area contributed by atoms with Crippen molar-refractivity contribution in [2.45, 2.75) is 13.8 Å². The highest BCUT2D eigenvalue weighted by atomic mass is 16.3. The average molecular weight is 251 g/mol. The number of ketones is 1. The molecule has 0 aliphatic heterocycles. The third kappa shape index (κ3) is 2.15. The molecule has 3 nitrogen and oxygen atoms in total. The number of aromatic nitrogens is 1. The largest absolute Gasteiger partial charge is 0.453 e. The predicted molar refractivity (Wildman–Crippen MR) is 73.4 cm³/mol. The molecule has 0 atom stereocenters. The minimum Gasteiger partial charge on any atom is -0.453 e. The zero-order valence-electron chi connectivity index (χ0n) is 10.8. The maximum absolute atomic E-state index is 12.3. The Morgan fingerprint density at radius 1 is 1.11 bits per heavy atom. The highest BCUT2D eigenvalue weighted by Gasteiger charge is 2.14. The number of pyridine rings is 1. The van der Waals surface area contributed by atoms with Gasteiger partial charge >= 0.3 is 0 Å². The number of furan rings is 1. The van der Waals surface area contributed by atoms with Gasteiger partial charge in [-0.2, -0.15) is 0 Å². The first-order valence-corrected chi connectivity index (χ1v) is 6.11. The molecule has 0 unspecified atom stereocenters. The molecule has 0 spiro atoms. The number of hydrogen-bond donors (Lipinski definition) is 0. The van der Waals surface area contributed by atoms with Crippen molar-refractivity contribution in [2.75, 3.05) is 0 Å². The Balaban J connectivity index is 2.04. The van der Waals surface area contributed by atoms with Crippen molar-refractivity contribution in [1.29, 1.82) is 0 Å². The molecule has 0 radical (unpaired) electrons. The van der Waals surface area contributed by atoms with Crippen molar-refractivity contribution in [2.24, 2.45) is 0 Å². The molecule has 2 aromatic heterocycles. The molecule has 0 N–H and O–H groups in total. The summed E-state index contributed by atoms with van der Waals surface area (Å²) in [6.45, 7) is 3.90. The lowest BCUT2D eigenvalue weighted by atomic mass is 10.1. The van der Waals surface area contributed by atoms with Crippen molar-refractivity contribution in [1.82, 2.24) is 4.98 Å². The number of aryl methyl sites for hydroxylation is 2. The Morgan fingerprint density at radius 3 is 2.68 bits per heavy atom. The maximum atomic E-state index is 12.3. The van der Waals surface area contributed by atoms with Gasteiger partial charge in [-0.05, 0) is 44.2 Å². The van der Waals surface area contributed by atoms with Crippen LogP contribution in [-0.2, 0) is 0 Å². The average Bonchev–Trinajstić information content (AvgIpc) is 2.81. The maximum Gasteiger partial charge on any atom is 0.229 e. The van der Waals surface area contributed by atoms with E-state index >= 15 is 0 Å². The summed E-state index contributed by atoms with van der Waals surface area (Å²) in [5.74, 6) is 0.215. The van der Waals surface area contributed by atoms with Crippen LogP contribution in [0.4, 0.5) is 0 Å². The molecular weight excluding hydrogens is 238 g/mol. The van der Waals surface area contributed by atoms with E-state index in [9.17, 15) is 4.79 Å². The van der Waals surface area contributed by atoms with E-state index in [0.29, 0.717) is 11.3 Å². The second-order valence-electron chi connectivity index (χ2n) is 4.67. The molecule has 19 heavy (non-hydrogen) atoms. The van der Waals surface area contributed by atoms with Gasteiger partial charge in [-0.1, -0.05) is 11.6 Å². The first kappa shape index (κ1) is 11.7. The molecule has 3 heteroatoms. The Labute approximate surface area is 110 Å². The zero-order valence-corrected chi connectivity index (χ0v) is 10.8. The van der Waals surface area contributed by atoms with Crippen LogP contribution >= 0.6 is 0 Å². The van der Waals surface area contributed by atoms with Crippen LogP contribution in [-0.4, -0.2) is 10.8 Å². The third-order valence-corrected chi connectivity index (χ3v) is 3.07. The van der Waals surface area contributed by atoms with E-state index in [2.05, 4.69) is 4.98 Å². The van der Waals surface area contributed by atoms with Crippen molar-refractivity contribution in [3.63, 3.8) is 0 Å². The van der Waals surface area contributed by atoms with Gasteiger partial charge in [-0.15, -0.1) is 0 Å². The first-order valence-electron chi connectivity index (χ1n) is 6.11. The summed E-state index contributed by atoms with van der Waals surface area (Å²) < 4.78 is 5.59. The molecule has 0 bridgehead atoms. The first-order chi connectivity index (χ1) is 9.13. The summed E-state index contributed by atoms with van der Waals surface area (Å²) in [6.07, 6.45) is 1.58. The summed E-state index contributed by atoms with van der Waals surface area (Å²) in [6, 6.07) is 11.2. The topological polar surface area (TPSA) is 43.1 Å². The van der Waals surface area contributed by atoms with E-state index in [4.69, 9.17) is 4.42 Å².